The van der Waals surface area contributed by atoms with Crippen molar-refractivity contribution in [3.8, 4) is 0 Å². The SMILES string of the molecule is O=C1/C(=C\c2ccccc2)CC/C1=C1/NCCN1C1CC(=O)N(c2cccc(F)c2)C1=O. The summed E-state index contributed by atoms with van der Waals surface area (Å²) < 4.78 is 13.7. The number of ketones is 1. The van der Waals surface area contributed by atoms with Crippen molar-refractivity contribution in [2.75, 3.05) is 18.0 Å². The molecule has 5 rings (SSSR count). The standard InChI is InChI=1S/C25H22FN3O3/c26-18-7-4-8-19(14-18)29-22(30)15-21(25(29)32)28-12-11-27-24(28)20-10-9-17(23(20)31)13-16-5-2-1-3-6-16/h1-8,13-14,21,27H,9-12,15H2/b17-13-,24-20+. The Hall–Kier alpha value is -3.74. The quantitative estimate of drug-likeness (QED) is 0.598. The number of hydrogen-bond acceptors (Lipinski definition) is 5. The molecule has 2 aliphatic heterocycles. The van der Waals surface area contributed by atoms with Gasteiger partial charge in [0.1, 0.15) is 17.7 Å². The molecule has 162 valence electrons. The van der Waals surface area contributed by atoms with E-state index in [4.69, 9.17) is 0 Å². The Balaban J connectivity index is 1.42. The highest BCUT2D eigenvalue weighted by Crippen LogP contribution is 2.34. The molecular formula is C25H22FN3O3. The van der Waals surface area contributed by atoms with E-state index in [9.17, 15) is 18.8 Å². The van der Waals surface area contributed by atoms with Gasteiger partial charge in [-0.3, -0.25) is 14.4 Å². The minimum absolute atomic E-state index is 0.00525. The number of carbonyl (C=O) groups is 3. The van der Waals surface area contributed by atoms with Crippen LogP contribution in [0.15, 0.2) is 71.6 Å². The predicted octanol–water partition coefficient (Wildman–Crippen LogP) is 3.02. The van der Waals surface area contributed by atoms with Gasteiger partial charge in [0, 0.05) is 24.2 Å². The largest absolute Gasteiger partial charge is 0.370 e. The van der Waals surface area contributed by atoms with Crippen molar-refractivity contribution in [3.63, 3.8) is 0 Å². The summed E-state index contributed by atoms with van der Waals surface area (Å²) in [5, 5.41) is 3.25. The van der Waals surface area contributed by atoms with Gasteiger partial charge in [-0.2, -0.15) is 0 Å². The molecule has 2 amide bonds. The Kier molecular flexibility index (Phi) is 5.09. The van der Waals surface area contributed by atoms with Gasteiger partial charge in [0.15, 0.2) is 5.78 Å². The van der Waals surface area contributed by atoms with E-state index < -0.39 is 17.8 Å². The van der Waals surface area contributed by atoms with E-state index in [1.165, 1.54) is 18.2 Å². The summed E-state index contributed by atoms with van der Waals surface area (Å²) in [5.41, 5.74) is 2.59. The van der Waals surface area contributed by atoms with Gasteiger partial charge in [-0.1, -0.05) is 36.4 Å². The summed E-state index contributed by atoms with van der Waals surface area (Å²) in [6, 6.07) is 14.5. The number of hydrogen-bond donors (Lipinski definition) is 1. The zero-order chi connectivity index (χ0) is 22.2. The summed E-state index contributed by atoms with van der Waals surface area (Å²) >= 11 is 0. The average Bonchev–Trinajstić information content (AvgIpc) is 3.47. The molecular weight excluding hydrogens is 409 g/mol. The molecule has 3 fully saturated rings. The minimum Gasteiger partial charge on any atom is -0.370 e. The normalized spacial score (nSPS) is 24.7. The van der Waals surface area contributed by atoms with Crippen LogP contribution >= 0.6 is 0 Å². The zero-order valence-corrected chi connectivity index (χ0v) is 17.4. The van der Waals surface area contributed by atoms with Crippen molar-refractivity contribution < 1.29 is 18.8 Å². The number of allylic oxidation sites excluding steroid dienone is 2. The number of carbonyl (C=O) groups excluding carboxylic acids is 3. The number of nitrogens with one attached hydrogen (secondary N) is 1. The topological polar surface area (TPSA) is 69.7 Å². The van der Waals surface area contributed by atoms with Crippen molar-refractivity contribution in [3.05, 3.63) is 82.9 Å². The lowest BCUT2D eigenvalue weighted by Crippen LogP contribution is -2.41. The Morgan fingerprint density at radius 3 is 2.59 bits per heavy atom. The maximum atomic E-state index is 13.7. The Labute approximate surface area is 185 Å². The first-order chi connectivity index (χ1) is 15.5. The van der Waals surface area contributed by atoms with Crippen LogP contribution in [0.4, 0.5) is 10.1 Å². The molecule has 1 N–H and O–H groups in total. The molecule has 2 aromatic rings. The van der Waals surface area contributed by atoms with Crippen molar-refractivity contribution in [2.45, 2.75) is 25.3 Å². The molecule has 0 spiro atoms. The first kappa shape index (κ1) is 20.2. The summed E-state index contributed by atoms with van der Waals surface area (Å²) in [5.74, 6) is -0.663. The highest BCUT2D eigenvalue weighted by atomic mass is 19.1. The molecule has 6 nitrogen and oxygen atoms in total. The van der Waals surface area contributed by atoms with Gasteiger partial charge < -0.3 is 10.2 Å². The molecule has 0 aromatic heterocycles. The molecule has 1 aliphatic carbocycles. The van der Waals surface area contributed by atoms with Crippen LogP contribution in [0.25, 0.3) is 6.08 Å². The van der Waals surface area contributed by atoms with Crippen LogP contribution < -0.4 is 10.2 Å². The van der Waals surface area contributed by atoms with Crippen molar-refractivity contribution in [1.29, 1.82) is 0 Å². The fourth-order valence-corrected chi connectivity index (χ4v) is 4.64. The third-order valence-corrected chi connectivity index (χ3v) is 6.13. The highest BCUT2D eigenvalue weighted by Gasteiger charge is 2.45. The molecule has 0 radical (unpaired) electrons. The van der Waals surface area contributed by atoms with Crippen LogP contribution in [0.5, 0.6) is 0 Å². The lowest BCUT2D eigenvalue weighted by atomic mass is 10.1. The molecule has 1 saturated carbocycles. The van der Waals surface area contributed by atoms with Crippen LogP contribution in [0, 0.1) is 5.82 Å². The molecule has 0 bridgehead atoms. The zero-order valence-electron chi connectivity index (χ0n) is 17.4. The number of imide groups is 1. The van der Waals surface area contributed by atoms with E-state index in [0.29, 0.717) is 37.3 Å². The second kappa shape index (κ2) is 8.07. The number of benzene rings is 2. The summed E-state index contributed by atoms with van der Waals surface area (Å²) in [7, 11) is 0. The van der Waals surface area contributed by atoms with Crippen molar-refractivity contribution >= 4 is 29.4 Å². The van der Waals surface area contributed by atoms with E-state index in [2.05, 4.69) is 5.32 Å². The number of halogens is 1. The minimum atomic E-state index is -0.710. The number of rotatable bonds is 3. The van der Waals surface area contributed by atoms with Crippen LogP contribution in [0.1, 0.15) is 24.8 Å². The molecule has 1 atom stereocenters. The predicted molar refractivity (Wildman–Crippen MR) is 118 cm³/mol. The average molecular weight is 431 g/mol. The first-order valence-corrected chi connectivity index (χ1v) is 10.7. The van der Waals surface area contributed by atoms with Crippen molar-refractivity contribution in [2.24, 2.45) is 0 Å². The summed E-state index contributed by atoms with van der Waals surface area (Å²) in [6.07, 6.45) is 3.12. The van der Waals surface area contributed by atoms with Gasteiger partial charge in [-0.25, -0.2) is 9.29 Å². The van der Waals surface area contributed by atoms with Gasteiger partial charge in [0.25, 0.3) is 5.91 Å². The van der Waals surface area contributed by atoms with Crippen LogP contribution in [0.3, 0.4) is 0 Å². The molecule has 32 heavy (non-hydrogen) atoms. The maximum absolute atomic E-state index is 13.7. The number of nitrogens with zero attached hydrogens (tertiary/aromatic N) is 2. The molecule has 3 aliphatic rings. The lowest BCUT2D eigenvalue weighted by molar-refractivity contribution is -0.122. The third kappa shape index (κ3) is 3.49. The number of Topliss-reactive ketones (excluding diaryl/α,β-unsaturated/α-hetero) is 1. The van der Waals surface area contributed by atoms with E-state index in [1.54, 1.807) is 6.07 Å². The highest BCUT2D eigenvalue weighted by molar-refractivity contribution is 6.22. The fourth-order valence-electron chi connectivity index (χ4n) is 4.64. The van der Waals surface area contributed by atoms with E-state index in [0.717, 1.165) is 16.0 Å². The summed E-state index contributed by atoms with van der Waals surface area (Å²) in [4.78, 5) is 41.8. The van der Waals surface area contributed by atoms with Gasteiger partial charge >= 0.3 is 0 Å². The Morgan fingerprint density at radius 1 is 1.00 bits per heavy atom. The maximum Gasteiger partial charge on any atom is 0.257 e. The molecule has 2 heterocycles. The molecule has 2 aromatic carbocycles. The number of anilines is 1. The summed E-state index contributed by atoms with van der Waals surface area (Å²) in [6.45, 7) is 1.10. The van der Waals surface area contributed by atoms with Crippen molar-refractivity contribution in [1.82, 2.24) is 10.2 Å². The molecule has 2 saturated heterocycles. The van der Waals surface area contributed by atoms with Crippen LogP contribution in [0.2, 0.25) is 0 Å². The second-order valence-electron chi connectivity index (χ2n) is 8.12. The first-order valence-electron chi connectivity index (χ1n) is 10.7. The Bertz CT molecular complexity index is 1170. The van der Waals surface area contributed by atoms with Crippen LogP contribution in [-0.4, -0.2) is 41.6 Å². The lowest BCUT2D eigenvalue weighted by Gasteiger charge is -2.26. The molecule has 1 unspecified atom stereocenters. The smallest absolute Gasteiger partial charge is 0.257 e. The van der Waals surface area contributed by atoms with Gasteiger partial charge in [-0.05, 0) is 42.7 Å². The molecule has 7 heteroatoms. The van der Waals surface area contributed by atoms with Gasteiger partial charge in [0.05, 0.1) is 12.1 Å². The van der Waals surface area contributed by atoms with E-state index in [1.807, 2.05) is 41.3 Å². The van der Waals surface area contributed by atoms with Gasteiger partial charge in [0.2, 0.25) is 5.91 Å². The third-order valence-electron chi connectivity index (χ3n) is 6.13. The Morgan fingerprint density at radius 2 is 1.81 bits per heavy atom. The van der Waals surface area contributed by atoms with Crippen LogP contribution in [-0.2, 0) is 14.4 Å². The van der Waals surface area contributed by atoms with E-state index >= 15 is 0 Å². The fraction of sp³-hybridized carbons (Fsp3) is 0.240. The van der Waals surface area contributed by atoms with Gasteiger partial charge in [-0.15, -0.1) is 0 Å². The monoisotopic (exact) mass is 431 g/mol. The van der Waals surface area contributed by atoms with E-state index in [-0.39, 0.29) is 23.8 Å². The number of amides is 2. The second-order valence-corrected chi connectivity index (χ2v) is 8.12.